The number of alkyl halides is 3. The molecule has 0 nitrogen and oxygen atoms in total. The summed E-state index contributed by atoms with van der Waals surface area (Å²) in [5.74, 6) is 2.79. The highest BCUT2D eigenvalue weighted by Gasteiger charge is 2.37. The normalized spacial score (nSPS) is 36.1. The molecule has 0 unspecified atom stereocenters. The smallest absolute Gasteiger partial charge is 0.0991 e. The number of halogens is 3. The molecule has 3 heteroatoms. The van der Waals surface area contributed by atoms with Crippen molar-refractivity contribution in [3.8, 4) is 0 Å². The summed E-state index contributed by atoms with van der Waals surface area (Å²) in [7, 11) is 0. The van der Waals surface area contributed by atoms with E-state index in [1.807, 2.05) is 6.08 Å². The Kier molecular flexibility index (Phi) is 6.32. The zero-order valence-electron chi connectivity index (χ0n) is 12.0. The van der Waals surface area contributed by atoms with Gasteiger partial charge in [0.25, 0.3) is 0 Å². The third kappa shape index (κ3) is 4.68. The Balaban J connectivity index is 1.76. The van der Waals surface area contributed by atoms with Crippen LogP contribution >= 0.6 is 34.8 Å². The summed E-state index contributed by atoms with van der Waals surface area (Å²) < 4.78 is -1.06. The predicted octanol–water partition coefficient (Wildman–Crippen LogP) is 6.71. The molecule has 0 radical (unpaired) electrons. The standard InChI is InChI=1S/C17H25Cl3/c1-2-3-4-13-5-7-14(8-6-13)15-9-11-16(12-10-15)17(18,19)20/h2-4,13-16H,1,5-12H2. The van der Waals surface area contributed by atoms with Crippen LogP contribution in [0.4, 0.5) is 0 Å². The molecule has 2 aliphatic carbocycles. The molecule has 2 rings (SSSR count). The van der Waals surface area contributed by atoms with Gasteiger partial charge in [-0.3, -0.25) is 0 Å². The first-order chi connectivity index (χ1) is 9.50. The van der Waals surface area contributed by atoms with Crippen molar-refractivity contribution in [3.63, 3.8) is 0 Å². The van der Waals surface area contributed by atoms with Gasteiger partial charge in [0, 0.05) is 5.92 Å². The Morgan fingerprint density at radius 1 is 0.800 bits per heavy atom. The molecule has 0 amide bonds. The molecule has 0 aromatic carbocycles. The minimum Gasteiger partial charge on any atom is -0.0991 e. The number of rotatable bonds is 3. The van der Waals surface area contributed by atoms with E-state index in [0.29, 0.717) is 0 Å². The third-order valence-electron chi connectivity index (χ3n) is 5.24. The van der Waals surface area contributed by atoms with Crippen molar-refractivity contribution in [2.24, 2.45) is 23.7 Å². The van der Waals surface area contributed by atoms with E-state index in [1.165, 1.54) is 38.5 Å². The van der Waals surface area contributed by atoms with E-state index in [0.717, 1.165) is 30.6 Å². The molecule has 0 saturated heterocycles. The Hall–Kier alpha value is 0.350. The molecular weight excluding hydrogens is 311 g/mol. The molecule has 2 saturated carbocycles. The number of hydrogen-bond acceptors (Lipinski definition) is 0. The fourth-order valence-electron chi connectivity index (χ4n) is 3.96. The van der Waals surface area contributed by atoms with Crippen molar-refractivity contribution >= 4 is 34.8 Å². The lowest BCUT2D eigenvalue weighted by Crippen LogP contribution is -2.29. The van der Waals surface area contributed by atoms with Crippen molar-refractivity contribution in [3.05, 3.63) is 24.8 Å². The first-order valence-corrected chi connectivity index (χ1v) is 9.00. The van der Waals surface area contributed by atoms with Crippen molar-refractivity contribution < 1.29 is 0 Å². The van der Waals surface area contributed by atoms with Gasteiger partial charge in [-0.15, -0.1) is 0 Å². The summed E-state index contributed by atoms with van der Waals surface area (Å²) in [6.07, 6.45) is 16.4. The minimum atomic E-state index is -1.06. The molecule has 114 valence electrons. The highest BCUT2D eigenvalue weighted by molar-refractivity contribution is 6.67. The highest BCUT2D eigenvalue weighted by Crippen LogP contribution is 2.47. The number of hydrogen-bond donors (Lipinski definition) is 0. The first-order valence-electron chi connectivity index (χ1n) is 7.86. The van der Waals surface area contributed by atoms with Crippen molar-refractivity contribution in [2.45, 2.75) is 55.2 Å². The Bertz CT molecular complexity index is 327. The molecule has 0 aromatic heterocycles. The van der Waals surface area contributed by atoms with E-state index >= 15 is 0 Å². The largest absolute Gasteiger partial charge is 0.193 e. The fraction of sp³-hybridized carbons (Fsp3) is 0.765. The Morgan fingerprint density at radius 2 is 1.30 bits per heavy atom. The van der Waals surface area contributed by atoms with Crippen LogP contribution in [-0.4, -0.2) is 3.79 Å². The molecule has 0 spiro atoms. The van der Waals surface area contributed by atoms with Gasteiger partial charge < -0.3 is 0 Å². The predicted molar refractivity (Wildman–Crippen MR) is 90.5 cm³/mol. The van der Waals surface area contributed by atoms with Gasteiger partial charge in [-0.25, -0.2) is 0 Å². The quantitative estimate of drug-likeness (QED) is 0.397. The summed E-state index contributed by atoms with van der Waals surface area (Å²) in [5.41, 5.74) is 0. The summed E-state index contributed by atoms with van der Waals surface area (Å²) in [4.78, 5) is 0. The van der Waals surface area contributed by atoms with Crippen LogP contribution in [0.5, 0.6) is 0 Å². The summed E-state index contributed by atoms with van der Waals surface area (Å²) in [5, 5.41) is 0. The second-order valence-electron chi connectivity index (χ2n) is 6.45. The minimum absolute atomic E-state index is 0.260. The molecule has 0 aliphatic heterocycles. The maximum Gasteiger partial charge on any atom is 0.193 e. The fourth-order valence-corrected chi connectivity index (χ4v) is 4.62. The molecule has 0 heterocycles. The van der Waals surface area contributed by atoms with E-state index in [1.54, 1.807) is 0 Å². The Morgan fingerprint density at radius 3 is 1.75 bits per heavy atom. The second-order valence-corrected chi connectivity index (χ2v) is 8.82. The lowest BCUT2D eigenvalue weighted by molar-refractivity contribution is 0.156. The molecular formula is C17H25Cl3. The van der Waals surface area contributed by atoms with Crippen LogP contribution in [-0.2, 0) is 0 Å². The van der Waals surface area contributed by atoms with Gasteiger partial charge in [-0.1, -0.05) is 59.6 Å². The van der Waals surface area contributed by atoms with Crippen molar-refractivity contribution in [1.82, 2.24) is 0 Å². The molecule has 20 heavy (non-hydrogen) atoms. The molecule has 2 aliphatic rings. The third-order valence-corrected chi connectivity index (χ3v) is 6.16. The summed E-state index contributed by atoms with van der Waals surface area (Å²) >= 11 is 18.1. The zero-order chi connectivity index (χ0) is 14.6. The Labute approximate surface area is 138 Å². The molecule has 0 atom stereocenters. The van der Waals surface area contributed by atoms with E-state index in [9.17, 15) is 0 Å². The zero-order valence-corrected chi connectivity index (χ0v) is 14.3. The summed E-state index contributed by atoms with van der Waals surface area (Å²) in [6, 6.07) is 0. The van der Waals surface area contributed by atoms with Gasteiger partial charge >= 0.3 is 0 Å². The first kappa shape index (κ1) is 16.7. The molecule has 0 aromatic rings. The van der Waals surface area contributed by atoms with Crippen molar-refractivity contribution in [1.29, 1.82) is 0 Å². The summed E-state index contributed by atoms with van der Waals surface area (Å²) in [6.45, 7) is 3.74. The topological polar surface area (TPSA) is 0 Å². The lowest BCUT2D eigenvalue weighted by atomic mass is 9.69. The average Bonchev–Trinajstić information content (AvgIpc) is 2.45. The average molecular weight is 336 g/mol. The van der Waals surface area contributed by atoms with E-state index < -0.39 is 3.79 Å². The van der Waals surface area contributed by atoms with Crippen LogP contribution in [0.1, 0.15) is 51.4 Å². The second kappa shape index (κ2) is 7.56. The van der Waals surface area contributed by atoms with Gasteiger partial charge in [0.1, 0.15) is 0 Å². The van der Waals surface area contributed by atoms with Crippen molar-refractivity contribution in [2.75, 3.05) is 0 Å². The maximum atomic E-state index is 6.03. The van der Waals surface area contributed by atoms with E-state index in [-0.39, 0.29) is 5.92 Å². The monoisotopic (exact) mass is 334 g/mol. The van der Waals surface area contributed by atoms with Crippen LogP contribution in [0.3, 0.4) is 0 Å². The van der Waals surface area contributed by atoms with Gasteiger partial charge in [0.05, 0.1) is 0 Å². The SMILES string of the molecule is C=CC=CC1CCC(C2CCC(C(Cl)(Cl)Cl)CC2)CC1. The highest BCUT2D eigenvalue weighted by atomic mass is 35.6. The van der Waals surface area contributed by atoms with E-state index in [4.69, 9.17) is 34.8 Å². The van der Waals surface area contributed by atoms with Crippen LogP contribution < -0.4 is 0 Å². The van der Waals surface area contributed by atoms with Crippen LogP contribution in [0, 0.1) is 23.7 Å². The van der Waals surface area contributed by atoms with Gasteiger partial charge in [-0.2, -0.15) is 0 Å². The van der Waals surface area contributed by atoms with Gasteiger partial charge in [0.15, 0.2) is 3.79 Å². The molecule has 2 fully saturated rings. The van der Waals surface area contributed by atoms with E-state index in [2.05, 4.69) is 18.7 Å². The van der Waals surface area contributed by atoms with Crippen LogP contribution in [0.25, 0.3) is 0 Å². The van der Waals surface area contributed by atoms with Gasteiger partial charge in [0.2, 0.25) is 0 Å². The van der Waals surface area contributed by atoms with Crippen LogP contribution in [0.2, 0.25) is 0 Å². The molecule has 0 N–H and O–H groups in total. The molecule has 0 bridgehead atoms. The number of allylic oxidation sites excluding steroid dienone is 3. The maximum absolute atomic E-state index is 6.03. The van der Waals surface area contributed by atoms with Crippen LogP contribution in [0.15, 0.2) is 24.8 Å². The van der Waals surface area contributed by atoms with Gasteiger partial charge in [-0.05, 0) is 69.1 Å². The lowest BCUT2D eigenvalue weighted by Gasteiger charge is -2.39.